The van der Waals surface area contributed by atoms with Crippen LogP contribution in [0.4, 0.5) is 13.2 Å². The molecular weight excluding hydrogens is 421 g/mol. The summed E-state index contributed by atoms with van der Waals surface area (Å²) in [4.78, 5) is 12.5. The zero-order valence-corrected chi connectivity index (χ0v) is 16.8. The number of hydrogen-bond acceptors (Lipinski definition) is 4. The van der Waals surface area contributed by atoms with E-state index < -0.39 is 28.7 Å². The SMILES string of the molecule is O=C(NCc1ccc(OCC(F)(F)F)cc1)c1cccc(S(=O)(=O)N2CCCC2)c1. The lowest BCUT2D eigenvalue weighted by Gasteiger charge is -2.16. The van der Waals surface area contributed by atoms with E-state index in [1.165, 1.54) is 40.7 Å². The largest absolute Gasteiger partial charge is 0.484 e. The van der Waals surface area contributed by atoms with Gasteiger partial charge >= 0.3 is 6.18 Å². The third-order valence-corrected chi connectivity index (χ3v) is 6.47. The Morgan fingerprint density at radius 3 is 2.37 bits per heavy atom. The lowest BCUT2D eigenvalue weighted by molar-refractivity contribution is -0.153. The van der Waals surface area contributed by atoms with Crippen LogP contribution in [0.25, 0.3) is 0 Å². The Morgan fingerprint density at radius 2 is 1.73 bits per heavy atom. The van der Waals surface area contributed by atoms with E-state index in [1.54, 1.807) is 12.1 Å². The van der Waals surface area contributed by atoms with Gasteiger partial charge in [0.15, 0.2) is 6.61 Å². The number of nitrogens with one attached hydrogen (secondary N) is 1. The van der Waals surface area contributed by atoms with E-state index in [1.807, 2.05) is 0 Å². The van der Waals surface area contributed by atoms with E-state index in [0.29, 0.717) is 18.7 Å². The summed E-state index contributed by atoms with van der Waals surface area (Å²) in [6.07, 6.45) is -2.78. The Hall–Kier alpha value is -2.59. The molecule has 6 nitrogen and oxygen atoms in total. The quantitative estimate of drug-likeness (QED) is 0.714. The third kappa shape index (κ3) is 5.73. The van der Waals surface area contributed by atoms with Crippen molar-refractivity contribution in [3.63, 3.8) is 0 Å². The minimum absolute atomic E-state index is 0.0715. The van der Waals surface area contributed by atoms with Crippen LogP contribution in [0.5, 0.6) is 5.75 Å². The van der Waals surface area contributed by atoms with Crippen LogP contribution in [0.1, 0.15) is 28.8 Å². The standard InChI is InChI=1S/C20H21F3N2O4S/c21-20(22,23)14-29-17-8-6-15(7-9-17)13-24-19(26)16-4-3-5-18(12-16)30(27,28)25-10-1-2-11-25/h3-9,12H,1-2,10-11,13-14H2,(H,24,26). The first kappa shape index (κ1) is 22.1. The fourth-order valence-electron chi connectivity index (χ4n) is 3.03. The van der Waals surface area contributed by atoms with Crippen LogP contribution in [0.2, 0.25) is 0 Å². The average molecular weight is 442 g/mol. The van der Waals surface area contributed by atoms with Crippen molar-refractivity contribution in [1.82, 2.24) is 9.62 Å². The topological polar surface area (TPSA) is 75.7 Å². The van der Waals surface area contributed by atoms with E-state index in [9.17, 15) is 26.4 Å². The molecule has 1 aliphatic rings. The van der Waals surface area contributed by atoms with Crippen LogP contribution in [0.3, 0.4) is 0 Å². The minimum atomic E-state index is -4.41. The fraction of sp³-hybridized carbons (Fsp3) is 0.350. The lowest BCUT2D eigenvalue weighted by atomic mass is 10.2. The number of ether oxygens (including phenoxy) is 1. The van der Waals surface area contributed by atoms with Gasteiger partial charge in [-0.1, -0.05) is 18.2 Å². The summed E-state index contributed by atoms with van der Waals surface area (Å²) in [5, 5.41) is 2.67. The highest BCUT2D eigenvalue weighted by Gasteiger charge is 2.29. The molecule has 1 amide bonds. The smallest absolute Gasteiger partial charge is 0.422 e. The number of carbonyl (C=O) groups is 1. The number of nitrogens with zero attached hydrogens (tertiary/aromatic N) is 1. The van der Waals surface area contributed by atoms with Crippen molar-refractivity contribution in [2.75, 3.05) is 19.7 Å². The van der Waals surface area contributed by atoms with Crippen LogP contribution in [0, 0.1) is 0 Å². The highest BCUT2D eigenvalue weighted by Crippen LogP contribution is 2.22. The summed E-state index contributed by atoms with van der Waals surface area (Å²) in [6.45, 7) is -0.301. The number of amides is 1. The molecule has 0 unspecified atom stereocenters. The number of carbonyl (C=O) groups excluding carboxylic acids is 1. The predicted molar refractivity (Wildman–Crippen MR) is 104 cm³/mol. The highest BCUT2D eigenvalue weighted by atomic mass is 32.2. The van der Waals surface area contributed by atoms with Gasteiger partial charge < -0.3 is 10.1 Å². The molecule has 2 aromatic carbocycles. The monoisotopic (exact) mass is 442 g/mol. The Kier molecular flexibility index (Phi) is 6.67. The van der Waals surface area contributed by atoms with Crippen molar-refractivity contribution >= 4 is 15.9 Å². The third-order valence-electron chi connectivity index (χ3n) is 4.58. The predicted octanol–water partition coefficient (Wildman–Crippen LogP) is 3.34. The maximum absolute atomic E-state index is 12.6. The molecule has 10 heteroatoms. The Labute approximate surface area is 172 Å². The van der Waals surface area contributed by atoms with E-state index in [-0.39, 0.29) is 22.8 Å². The normalized spacial score (nSPS) is 15.2. The Balaban J connectivity index is 1.60. The molecule has 0 saturated carbocycles. The lowest BCUT2D eigenvalue weighted by Crippen LogP contribution is -2.28. The first-order valence-corrected chi connectivity index (χ1v) is 10.8. The first-order valence-electron chi connectivity index (χ1n) is 9.32. The van der Waals surface area contributed by atoms with Gasteiger partial charge in [-0.2, -0.15) is 17.5 Å². The second-order valence-electron chi connectivity index (χ2n) is 6.87. The molecule has 2 aromatic rings. The number of benzene rings is 2. The maximum atomic E-state index is 12.6. The van der Waals surface area contributed by atoms with Crippen molar-refractivity contribution in [1.29, 1.82) is 0 Å². The zero-order valence-electron chi connectivity index (χ0n) is 16.0. The summed E-state index contributed by atoms with van der Waals surface area (Å²) >= 11 is 0. The van der Waals surface area contributed by atoms with Gasteiger partial charge in [0, 0.05) is 25.2 Å². The van der Waals surface area contributed by atoms with Gasteiger partial charge in [0.2, 0.25) is 10.0 Å². The molecule has 162 valence electrons. The van der Waals surface area contributed by atoms with Gasteiger partial charge in [0.25, 0.3) is 5.91 Å². The van der Waals surface area contributed by atoms with Gasteiger partial charge in [0.05, 0.1) is 4.90 Å². The summed E-state index contributed by atoms with van der Waals surface area (Å²) in [7, 11) is -3.62. The van der Waals surface area contributed by atoms with Crippen LogP contribution in [-0.2, 0) is 16.6 Å². The minimum Gasteiger partial charge on any atom is -0.484 e. The molecule has 0 radical (unpaired) electrons. The molecule has 0 aliphatic carbocycles. The average Bonchev–Trinajstić information content (AvgIpc) is 3.26. The Morgan fingerprint density at radius 1 is 1.07 bits per heavy atom. The second kappa shape index (κ2) is 9.05. The summed E-state index contributed by atoms with van der Waals surface area (Å²) in [5.74, 6) is -0.381. The van der Waals surface area contributed by atoms with E-state index in [4.69, 9.17) is 0 Å². The number of hydrogen-bond donors (Lipinski definition) is 1. The molecule has 0 atom stereocenters. The van der Waals surface area contributed by atoms with Crippen LogP contribution in [-0.4, -0.2) is 44.5 Å². The summed E-state index contributed by atoms with van der Waals surface area (Å²) in [6, 6.07) is 11.7. The molecule has 0 bridgehead atoms. The maximum Gasteiger partial charge on any atom is 0.422 e. The second-order valence-corrected chi connectivity index (χ2v) is 8.81. The van der Waals surface area contributed by atoms with Crippen LogP contribution < -0.4 is 10.1 Å². The van der Waals surface area contributed by atoms with Crippen molar-refractivity contribution in [3.8, 4) is 5.75 Å². The van der Waals surface area contributed by atoms with Gasteiger partial charge in [-0.05, 0) is 48.7 Å². The van der Waals surface area contributed by atoms with Crippen LogP contribution >= 0.6 is 0 Å². The van der Waals surface area contributed by atoms with Crippen molar-refractivity contribution in [3.05, 3.63) is 59.7 Å². The van der Waals surface area contributed by atoms with Gasteiger partial charge in [0.1, 0.15) is 5.75 Å². The highest BCUT2D eigenvalue weighted by molar-refractivity contribution is 7.89. The van der Waals surface area contributed by atoms with Gasteiger partial charge in [-0.3, -0.25) is 4.79 Å². The molecule has 30 heavy (non-hydrogen) atoms. The fourth-order valence-corrected chi connectivity index (χ4v) is 4.59. The number of halogens is 3. The van der Waals surface area contributed by atoms with E-state index in [2.05, 4.69) is 10.1 Å². The Bertz CT molecular complexity index is 986. The molecule has 3 rings (SSSR count). The van der Waals surface area contributed by atoms with Gasteiger partial charge in [-0.15, -0.1) is 0 Å². The molecule has 1 fully saturated rings. The summed E-state index contributed by atoms with van der Waals surface area (Å²) < 4.78 is 67.8. The molecule has 0 spiro atoms. The van der Waals surface area contributed by atoms with Crippen molar-refractivity contribution in [2.45, 2.75) is 30.5 Å². The number of alkyl halides is 3. The molecule has 1 N–H and O–H groups in total. The molecule has 1 aliphatic heterocycles. The molecular formula is C20H21F3N2O4S. The first-order chi connectivity index (χ1) is 14.1. The van der Waals surface area contributed by atoms with E-state index in [0.717, 1.165) is 12.8 Å². The van der Waals surface area contributed by atoms with Crippen molar-refractivity contribution in [2.24, 2.45) is 0 Å². The zero-order chi connectivity index (χ0) is 21.8. The molecule has 1 heterocycles. The van der Waals surface area contributed by atoms with Crippen molar-refractivity contribution < 1.29 is 31.1 Å². The van der Waals surface area contributed by atoms with E-state index >= 15 is 0 Å². The van der Waals surface area contributed by atoms with Crippen LogP contribution in [0.15, 0.2) is 53.4 Å². The molecule has 1 saturated heterocycles. The number of rotatable bonds is 7. The molecule has 0 aromatic heterocycles. The van der Waals surface area contributed by atoms with Gasteiger partial charge in [-0.25, -0.2) is 8.42 Å². The number of sulfonamides is 1. The summed E-state index contributed by atoms with van der Waals surface area (Å²) in [5.41, 5.74) is 0.865.